The first-order chi connectivity index (χ1) is 9.58. The molecule has 3 rings (SSSR count). The van der Waals surface area contributed by atoms with E-state index in [4.69, 9.17) is 0 Å². The lowest BCUT2D eigenvalue weighted by Gasteiger charge is -2.14. The van der Waals surface area contributed by atoms with Crippen molar-refractivity contribution in [3.63, 3.8) is 0 Å². The van der Waals surface area contributed by atoms with Crippen molar-refractivity contribution in [2.75, 3.05) is 0 Å². The molecule has 0 bridgehead atoms. The molecule has 1 amide bonds. The van der Waals surface area contributed by atoms with Gasteiger partial charge in [-0.25, -0.2) is 0 Å². The molecule has 1 aliphatic heterocycles. The van der Waals surface area contributed by atoms with E-state index in [0.717, 1.165) is 23.5 Å². The van der Waals surface area contributed by atoms with Gasteiger partial charge in [0, 0.05) is 37.7 Å². The van der Waals surface area contributed by atoms with Gasteiger partial charge < -0.3 is 4.90 Å². The van der Waals surface area contributed by atoms with Crippen LogP contribution in [0.1, 0.15) is 39.8 Å². The average Bonchev–Trinajstić information content (AvgIpc) is 3.00. The summed E-state index contributed by atoms with van der Waals surface area (Å²) in [5, 5.41) is 4.34. The van der Waals surface area contributed by atoms with Gasteiger partial charge in [0.1, 0.15) is 0 Å². The number of pyridine rings is 1. The topological polar surface area (TPSA) is 51.0 Å². The molecule has 3 heterocycles. The number of fused-ring (bicyclic) bond motifs is 1. The van der Waals surface area contributed by atoms with Crippen molar-refractivity contribution < 1.29 is 4.79 Å². The van der Waals surface area contributed by atoms with Gasteiger partial charge >= 0.3 is 0 Å². The van der Waals surface area contributed by atoms with Gasteiger partial charge in [0.2, 0.25) is 0 Å². The first-order valence-electron chi connectivity index (χ1n) is 6.86. The van der Waals surface area contributed by atoms with E-state index < -0.39 is 0 Å². The van der Waals surface area contributed by atoms with Gasteiger partial charge in [0.15, 0.2) is 0 Å². The predicted octanol–water partition coefficient (Wildman–Crippen LogP) is 2.07. The predicted molar refractivity (Wildman–Crippen MR) is 75.2 cm³/mol. The maximum atomic E-state index is 12.6. The van der Waals surface area contributed by atoms with Gasteiger partial charge in [-0.05, 0) is 38.0 Å². The first kappa shape index (κ1) is 12.8. The molecule has 0 saturated carbocycles. The van der Waals surface area contributed by atoms with Crippen molar-refractivity contribution in [3.8, 4) is 0 Å². The Balaban J connectivity index is 1.85. The number of aromatic nitrogens is 3. The van der Waals surface area contributed by atoms with E-state index in [-0.39, 0.29) is 5.91 Å². The molecule has 0 atom stereocenters. The minimum absolute atomic E-state index is 0.0519. The Hall–Kier alpha value is -2.17. The van der Waals surface area contributed by atoms with E-state index in [0.29, 0.717) is 18.7 Å². The van der Waals surface area contributed by atoms with E-state index in [2.05, 4.69) is 16.1 Å². The van der Waals surface area contributed by atoms with Crippen molar-refractivity contribution in [1.29, 1.82) is 0 Å². The van der Waals surface area contributed by atoms with Crippen LogP contribution in [0.5, 0.6) is 0 Å². The van der Waals surface area contributed by atoms with Crippen LogP contribution in [0.4, 0.5) is 0 Å². The summed E-state index contributed by atoms with van der Waals surface area (Å²) in [5.74, 6) is 0.0519. The summed E-state index contributed by atoms with van der Waals surface area (Å²) in [6, 6.07) is 2.06. The zero-order valence-corrected chi connectivity index (χ0v) is 12.1. The Labute approximate surface area is 118 Å². The lowest BCUT2D eigenvalue weighted by Crippen LogP contribution is -2.25. The lowest BCUT2D eigenvalue weighted by atomic mass is 10.2. The molecule has 1 aliphatic rings. The Morgan fingerprint density at radius 2 is 2.05 bits per heavy atom. The van der Waals surface area contributed by atoms with Crippen LogP contribution in [-0.2, 0) is 19.6 Å². The van der Waals surface area contributed by atoms with E-state index in [9.17, 15) is 4.79 Å². The number of nitrogens with zero attached hydrogens (tertiary/aromatic N) is 4. The highest BCUT2D eigenvalue weighted by atomic mass is 16.2. The van der Waals surface area contributed by atoms with Crippen LogP contribution in [0, 0.1) is 13.8 Å². The average molecular weight is 270 g/mol. The summed E-state index contributed by atoms with van der Waals surface area (Å²) in [5.41, 5.74) is 4.83. The molecule has 0 radical (unpaired) electrons. The summed E-state index contributed by atoms with van der Waals surface area (Å²) in [4.78, 5) is 18.8. The molecular formula is C15H18N4O. The summed E-state index contributed by atoms with van der Waals surface area (Å²) >= 11 is 0. The fourth-order valence-corrected chi connectivity index (χ4v) is 2.61. The normalized spacial score (nSPS) is 13.7. The first-order valence-corrected chi connectivity index (χ1v) is 6.86. The van der Waals surface area contributed by atoms with Crippen LogP contribution in [0.3, 0.4) is 0 Å². The third-order valence-electron chi connectivity index (χ3n) is 3.73. The number of amides is 1. The lowest BCUT2D eigenvalue weighted by molar-refractivity contribution is 0.0750. The minimum Gasteiger partial charge on any atom is -0.330 e. The largest absolute Gasteiger partial charge is 0.330 e. The fourth-order valence-electron chi connectivity index (χ4n) is 2.61. The van der Waals surface area contributed by atoms with Crippen LogP contribution in [-0.4, -0.2) is 25.6 Å². The maximum absolute atomic E-state index is 12.6. The summed E-state index contributed by atoms with van der Waals surface area (Å²) < 4.78 is 1.80. The highest BCUT2D eigenvalue weighted by Crippen LogP contribution is 2.24. The summed E-state index contributed by atoms with van der Waals surface area (Å²) in [6.07, 6.45) is 3.71. The Morgan fingerprint density at radius 1 is 1.30 bits per heavy atom. The molecule has 0 unspecified atom stereocenters. The number of aryl methyl sites for hydroxylation is 3. The highest BCUT2D eigenvalue weighted by Gasteiger charge is 2.26. The molecule has 104 valence electrons. The molecule has 0 fully saturated rings. The summed E-state index contributed by atoms with van der Waals surface area (Å²) in [6.45, 7) is 7.94. The third-order valence-corrected chi connectivity index (χ3v) is 3.73. The van der Waals surface area contributed by atoms with Gasteiger partial charge in [-0.15, -0.1) is 0 Å². The standard InChI is InChI=1S/C15H18N4O/c1-4-19-9-14(11(3)17-19)15(20)18-7-12-5-10(2)16-6-13(12)8-18/h5-6,9H,4,7-8H2,1-3H3. The minimum atomic E-state index is 0.0519. The van der Waals surface area contributed by atoms with Gasteiger partial charge in [0.05, 0.1) is 11.3 Å². The van der Waals surface area contributed by atoms with Crippen LogP contribution >= 0.6 is 0 Å². The van der Waals surface area contributed by atoms with E-state index in [1.807, 2.05) is 38.1 Å². The second-order valence-electron chi connectivity index (χ2n) is 5.24. The molecule has 0 N–H and O–H groups in total. The van der Waals surface area contributed by atoms with Crippen molar-refractivity contribution in [2.45, 2.75) is 40.4 Å². The van der Waals surface area contributed by atoms with Gasteiger partial charge in [-0.2, -0.15) is 5.10 Å². The Morgan fingerprint density at radius 3 is 2.75 bits per heavy atom. The van der Waals surface area contributed by atoms with E-state index in [1.165, 1.54) is 5.56 Å². The maximum Gasteiger partial charge on any atom is 0.257 e. The molecule has 0 aliphatic carbocycles. The van der Waals surface area contributed by atoms with Crippen LogP contribution in [0.25, 0.3) is 0 Å². The highest BCUT2D eigenvalue weighted by molar-refractivity contribution is 5.95. The molecule has 2 aromatic heterocycles. The van der Waals surface area contributed by atoms with E-state index >= 15 is 0 Å². The molecule has 5 nitrogen and oxygen atoms in total. The van der Waals surface area contributed by atoms with Crippen LogP contribution < -0.4 is 0 Å². The SMILES string of the molecule is CCn1cc(C(=O)N2Cc3cnc(C)cc3C2)c(C)n1. The molecule has 0 spiro atoms. The number of carbonyl (C=O) groups is 1. The van der Waals surface area contributed by atoms with Gasteiger partial charge in [-0.3, -0.25) is 14.5 Å². The molecule has 0 saturated heterocycles. The monoisotopic (exact) mass is 270 g/mol. The smallest absolute Gasteiger partial charge is 0.257 e. The zero-order valence-electron chi connectivity index (χ0n) is 12.1. The fraction of sp³-hybridized carbons (Fsp3) is 0.400. The van der Waals surface area contributed by atoms with Crippen molar-refractivity contribution in [3.05, 3.63) is 46.5 Å². The number of hydrogen-bond donors (Lipinski definition) is 0. The van der Waals surface area contributed by atoms with E-state index in [1.54, 1.807) is 4.68 Å². The molecular weight excluding hydrogens is 252 g/mol. The van der Waals surface area contributed by atoms with Crippen molar-refractivity contribution >= 4 is 5.91 Å². The van der Waals surface area contributed by atoms with Gasteiger partial charge in [0.25, 0.3) is 5.91 Å². The molecule has 5 heteroatoms. The number of carbonyl (C=O) groups excluding carboxylic acids is 1. The summed E-state index contributed by atoms with van der Waals surface area (Å²) in [7, 11) is 0. The number of rotatable bonds is 2. The Bertz CT molecular complexity index is 675. The molecule has 2 aromatic rings. The van der Waals surface area contributed by atoms with Crippen LogP contribution in [0.2, 0.25) is 0 Å². The number of hydrogen-bond acceptors (Lipinski definition) is 3. The second kappa shape index (κ2) is 4.74. The van der Waals surface area contributed by atoms with Crippen LogP contribution in [0.15, 0.2) is 18.5 Å². The Kier molecular flexibility index (Phi) is 3.04. The quantitative estimate of drug-likeness (QED) is 0.839. The molecule has 20 heavy (non-hydrogen) atoms. The van der Waals surface area contributed by atoms with Crippen molar-refractivity contribution in [1.82, 2.24) is 19.7 Å². The van der Waals surface area contributed by atoms with Crippen molar-refractivity contribution in [2.24, 2.45) is 0 Å². The van der Waals surface area contributed by atoms with Gasteiger partial charge in [-0.1, -0.05) is 0 Å². The molecule has 0 aromatic carbocycles. The second-order valence-corrected chi connectivity index (χ2v) is 5.24. The third kappa shape index (κ3) is 2.09. The zero-order chi connectivity index (χ0) is 14.3.